The van der Waals surface area contributed by atoms with Crippen LogP contribution in [-0.2, 0) is 12.0 Å². The summed E-state index contributed by atoms with van der Waals surface area (Å²) in [6.07, 6.45) is 3.98. The maximum absolute atomic E-state index is 12.4. The van der Waals surface area contributed by atoms with Crippen molar-refractivity contribution in [2.45, 2.75) is 44.3 Å². The van der Waals surface area contributed by atoms with E-state index < -0.39 is 12.2 Å². The van der Waals surface area contributed by atoms with Crippen molar-refractivity contribution in [2.75, 3.05) is 0 Å². The number of nitrogens with zero attached hydrogens (tertiary/aromatic N) is 2. The lowest BCUT2D eigenvalue weighted by Crippen LogP contribution is -2.34. The summed E-state index contributed by atoms with van der Waals surface area (Å²) >= 11 is 0. The molecule has 3 rings (SSSR count). The van der Waals surface area contributed by atoms with E-state index in [0.717, 1.165) is 25.7 Å². The summed E-state index contributed by atoms with van der Waals surface area (Å²) in [5, 5.41) is 3.96. The number of halogens is 3. The van der Waals surface area contributed by atoms with Crippen molar-refractivity contribution in [3.8, 4) is 5.75 Å². The molecule has 8 heteroatoms. The van der Waals surface area contributed by atoms with Crippen molar-refractivity contribution >= 4 is 12.4 Å². The number of hydrogen-bond donors (Lipinski definition) is 1. The van der Waals surface area contributed by atoms with Crippen LogP contribution in [0, 0.1) is 0 Å². The number of hydrogen-bond acceptors (Lipinski definition) is 5. The lowest BCUT2D eigenvalue weighted by atomic mass is 9.99. The van der Waals surface area contributed by atoms with E-state index in [1.54, 1.807) is 18.2 Å². The first-order valence-electron chi connectivity index (χ1n) is 7.21. The Balaban J connectivity index is 0.00000192. The number of nitrogens with two attached hydrogens (primary N) is 1. The van der Waals surface area contributed by atoms with Gasteiger partial charge in [-0.25, -0.2) is 0 Å². The highest BCUT2D eigenvalue weighted by Gasteiger charge is 2.36. The van der Waals surface area contributed by atoms with Crippen molar-refractivity contribution in [1.29, 1.82) is 0 Å². The molecule has 0 radical (unpaired) electrons. The number of benzene rings is 1. The Morgan fingerprint density at radius 3 is 2.65 bits per heavy atom. The summed E-state index contributed by atoms with van der Waals surface area (Å²) in [5.74, 6) is 0.949. The van der Waals surface area contributed by atoms with E-state index in [-0.39, 0.29) is 24.6 Å². The van der Waals surface area contributed by atoms with Gasteiger partial charge in [0.1, 0.15) is 5.75 Å². The highest BCUT2D eigenvalue weighted by Crippen LogP contribution is 2.34. The van der Waals surface area contributed by atoms with Gasteiger partial charge in [-0.1, -0.05) is 36.2 Å². The summed E-state index contributed by atoms with van der Waals surface area (Å²) in [4.78, 5) is 4.33. The summed E-state index contributed by atoms with van der Waals surface area (Å²) in [5.41, 5.74) is 6.31. The van der Waals surface area contributed by atoms with E-state index in [0.29, 0.717) is 17.3 Å². The minimum atomic E-state index is -2.87. The lowest BCUT2D eigenvalue weighted by Gasteiger charge is -2.17. The number of ether oxygens (including phenoxy) is 1. The predicted octanol–water partition coefficient (Wildman–Crippen LogP) is 3.41. The molecule has 126 valence electrons. The van der Waals surface area contributed by atoms with Gasteiger partial charge in [0.15, 0.2) is 5.82 Å². The second-order valence-corrected chi connectivity index (χ2v) is 5.54. The Labute approximate surface area is 138 Å². The molecule has 2 N–H and O–H groups in total. The standard InChI is InChI=1S/C15H17F2N3O2.ClH/c16-14(17)21-11-6-2-1-5-10(11)9-12-19-13(20-22-12)15(18)7-3-4-8-15;/h1-2,5-6,14H,3-4,7-9,18H2;1H. The summed E-state index contributed by atoms with van der Waals surface area (Å²) in [6, 6.07) is 6.55. The third-order valence-electron chi connectivity index (χ3n) is 3.94. The topological polar surface area (TPSA) is 74.2 Å². The second kappa shape index (κ2) is 7.23. The van der Waals surface area contributed by atoms with Gasteiger partial charge in [-0.2, -0.15) is 13.8 Å². The van der Waals surface area contributed by atoms with E-state index in [4.69, 9.17) is 10.3 Å². The van der Waals surface area contributed by atoms with Crippen LogP contribution >= 0.6 is 12.4 Å². The normalized spacial score (nSPS) is 16.3. The fourth-order valence-corrected chi connectivity index (χ4v) is 2.78. The molecule has 1 heterocycles. The van der Waals surface area contributed by atoms with Crippen LogP contribution in [0.2, 0.25) is 0 Å². The molecule has 5 nitrogen and oxygen atoms in total. The largest absolute Gasteiger partial charge is 0.435 e. The molecule has 0 aliphatic heterocycles. The molecule has 0 unspecified atom stereocenters. The number of alkyl halides is 2. The van der Waals surface area contributed by atoms with Gasteiger partial charge in [0.2, 0.25) is 5.89 Å². The molecule has 1 aliphatic rings. The highest BCUT2D eigenvalue weighted by molar-refractivity contribution is 5.85. The van der Waals surface area contributed by atoms with Gasteiger partial charge < -0.3 is 15.0 Å². The van der Waals surface area contributed by atoms with Crippen molar-refractivity contribution in [3.63, 3.8) is 0 Å². The molecule has 0 amide bonds. The van der Waals surface area contributed by atoms with Gasteiger partial charge in [-0.05, 0) is 18.9 Å². The molecule has 1 fully saturated rings. The molecular formula is C15H18ClF2N3O2. The molecule has 1 saturated carbocycles. The van der Waals surface area contributed by atoms with Gasteiger partial charge in [0.25, 0.3) is 0 Å². The number of aromatic nitrogens is 2. The van der Waals surface area contributed by atoms with Crippen LogP contribution in [0.5, 0.6) is 5.75 Å². The quantitative estimate of drug-likeness (QED) is 0.898. The molecule has 1 aliphatic carbocycles. The van der Waals surface area contributed by atoms with E-state index in [9.17, 15) is 8.78 Å². The Morgan fingerprint density at radius 2 is 1.96 bits per heavy atom. The Kier molecular flexibility index (Phi) is 5.54. The second-order valence-electron chi connectivity index (χ2n) is 5.54. The summed E-state index contributed by atoms with van der Waals surface area (Å²) in [6.45, 7) is -2.87. The molecule has 1 aromatic heterocycles. The van der Waals surface area contributed by atoms with E-state index in [2.05, 4.69) is 14.9 Å². The molecule has 0 bridgehead atoms. The molecule has 0 atom stereocenters. The predicted molar refractivity (Wildman–Crippen MR) is 81.8 cm³/mol. The van der Waals surface area contributed by atoms with Crippen molar-refractivity contribution in [1.82, 2.24) is 10.1 Å². The first-order chi connectivity index (χ1) is 10.6. The average molecular weight is 346 g/mol. The van der Waals surface area contributed by atoms with Crippen LogP contribution in [0.15, 0.2) is 28.8 Å². The summed E-state index contributed by atoms with van der Waals surface area (Å²) < 4.78 is 34.5. The van der Waals surface area contributed by atoms with Gasteiger partial charge in [-0.15, -0.1) is 12.4 Å². The van der Waals surface area contributed by atoms with E-state index in [1.807, 2.05) is 0 Å². The molecule has 2 aromatic rings. The van der Waals surface area contributed by atoms with Crippen LogP contribution in [0.4, 0.5) is 8.78 Å². The van der Waals surface area contributed by atoms with E-state index in [1.165, 1.54) is 6.07 Å². The van der Waals surface area contributed by atoms with Gasteiger partial charge in [0, 0.05) is 5.56 Å². The zero-order valence-electron chi connectivity index (χ0n) is 12.4. The maximum Gasteiger partial charge on any atom is 0.387 e. The molecule has 1 aromatic carbocycles. The van der Waals surface area contributed by atoms with Gasteiger partial charge >= 0.3 is 6.61 Å². The van der Waals surface area contributed by atoms with Crippen molar-refractivity contribution in [2.24, 2.45) is 5.73 Å². The van der Waals surface area contributed by atoms with Crippen LogP contribution in [0.3, 0.4) is 0 Å². The zero-order chi connectivity index (χ0) is 15.6. The highest BCUT2D eigenvalue weighted by atomic mass is 35.5. The van der Waals surface area contributed by atoms with Crippen LogP contribution in [-0.4, -0.2) is 16.8 Å². The van der Waals surface area contributed by atoms with Crippen LogP contribution < -0.4 is 10.5 Å². The Bertz CT molecular complexity index is 645. The van der Waals surface area contributed by atoms with E-state index >= 15 is 0 Å². The molecule has 23 heavy (non-hydrogen) atoms. The monoisotopic (exact) mass is 345 g/mol. The fourth-order valence-electron chi connectivity index (χ4n) is 2.78. The fraction of sp³-hybridized carbons (Fsp3) is 0.467. The minimum Gasteiger partial charge on any atom is -0.435 e. The smallest absolute Gasteiger partial charge is 0.387 e. The maximum atomic E-state index is 12.4. The molecular weight excluding hydrogens is 328 g/mol. The number of rotatable bonds is 5. The van der Waals surface area contributed by atoms with Crippen molar-refractivity contribution < 1.29 is 18.0 Å². The van der Waals surface area contributed by atoms with Gasteiger partial charge in [0.05, 0.1) is 12.0 Å². The van der Waals surface area contributed by atoms with Gasteiger partial charge in [-0.3, -0.25) is 0 Å². The summed E-state index contributed by atoms with van der Waals surface area (Å²) in [7, 11) is 0. The minimum absolute atomic E-state index is 0. The first kappa shape index (κ1) is 17.6. The zero-order valence-corrected chi connectivity index (χ0v) is 13.2. The third-order valence-corrected chi connectivity index (χ3v) is 3.94. The first-order valence-corrected chi connectivity index (χ1v) is 7.21. The Morgan fingerprint density at radius 1 is 1.26 bits per heavy atom. The molecule has 0 spiro atoms. The van der Waals surface area contributed by atoms with Crippen LogP contribution in [0.25, 0.3) is 0 Å². The average Bonchev–Trinajstić information content (AvgIpc) is 3.11. The Hall–Kier alpha value is -1.73. The van der Waals surface area contributed by atoms with Crippen molar-refractivity contribution in [3.05, 3.63) is 41.5 Å². The SMILES string of the molecule is Cl.NC1(c2noc(Cc3ccccc3OC(F)F)n2)CCCC1. The molecule has 0 saturated heterocycles. The number of para-hydroxylation sites is 1. The van der Waals surface area contributed by atoms with Crippen LogP contribution in [0.1, 0.15) is 43.0 Å². The lowest BCUT2D eigenvalue weighted by molar-refractivity contribution is -0.0504. The third kappa shape index (κ3) is 3.97.